The highest BCUT2D eigenvalue weighted by Crippen LogP contribution is 1.85. The molecule has 0 heterocycles. The van der Waals surface area contributed by atoms with Gasteiger partial charge in [0.1, 0.15) is 0 Å². The highest BCUT2D eigenvalue weighted by Gasteiger charge is 2.03. The fraction of sp³-hybridized carbons (Fsp3) is 0.857. The number of carbonyl (C=O) groups is 1. The zero-order chi connectivity index (χ0) is 10.1. The summed E-state index contributed by atoms with van der Waals surface area (Å²) in [5.41, 5.74) is 5.04. The molecule has 0 fully saturated rings. The Morgan fingerprint density at radius 1 is 1.62 bits per heavy atom. The molecule has 0 rings (SSSR count). The summed E-state index contributed by atoms with van der Waals surface area (Å²) in [5.74, 6) is 0. The van der Waals surface area contributed by atoms with Crippen LogP contribution in [0.4, 0.5) is 4.79 Å². The van der Waals surface area contributed by atoms with E-state index in [1.54, 1.807) is 7.11 Å². The van der Waals surface area contributed by atoms with Gasteiger partial charge in [0.25, 0.3) is 0 Å². The number of nitrogens with two attached hydrogens (primary N) is 1. The van der Waals surface area contributed by atoms with E-state index >= 15 is 0 Å². The van der Waals surface area contributed by atoms with E-state index in [4.69, 9.17) is 14.9 Å². The first kappa shape index (κ1) is 12.4. The van der Waals surface area contributed by atoms with E-state index in [0.29, 0.717) is 13.2 Å². The van der Waals surface area contributed by atoms with Gasteiger partial charge in [0.2, 0.25) is 0 Å². The Morgan fingerprint density at radius 3 is 2.85 bits per heavy atom. The minimum absolute atomic E-state index is 0.0973. The van der Waals surface area contributed by atoms with Crippen molar-refractivity contribution in [3.05, 3.63) is 0 Å². The first-order valence-corrected chi connectivity index (χ1v) is 5.69. The van der Waals surface area contributed by atoms with Gasteiger partial charge in [-0.05, 0) is 13.3 Å². The molecule has 2 amide bonds. The molecule has 0 aromatic carbocycles. The van der Waals surface area contributed by atoms with E-state index in [-0.39, 0.29) is 5.67 Å². The third-order valence-corrected chi connectivity index (χ3v) is 2.62. The van der Waals surface area contributed by atoms with Gasteiger partial charge in [-0.3, -0.25) is 0 Å². The number of nitrogens with one attached hydrogen (secondary N) is 1. The van der Waals surface area contributed by atoms with Crippen LogP contribution in [0.1, 0.15) is 13.3 Å². The summed E-state index contributed by atoms with van der Waals surface area (Å²) in [6.07, 6.45) is 0.896. The van der Waals surface area contributed by atoms with Crippen molar-refractivity contribution in [3.63, 3.8) is 0 Å². The molecule has 13 heavy (non-hydrogen) atoms. The Labute approximate surface area is 80.9 Å². The van der Waals surface area contributed by atoms with Crippen molar-refractivity contribution in [1.29, 1.82) is 0 Å². The molecule has 1 unspecified atom stereocenters. The van der Waals surface area contributed by atoms with Crippen LogP contribution < -0.4 is 11.1 Å². The topological polar surface area (TPSA) is 73.6 Å². The first-order chi connectivity index (χ1) is 6.16. The molecule has 0 aliphatic carbocycles. The van der Waals surface area contributed by atoms with Gasteiger partial charge in [-0.2, -0.15) is 0 Å². The predicted molar refractivity (Wildman–Crippen MR) is 53.2 cm³/mol. The van der Waals surface area contributed by atoms with E-state index in [1.807, 2.05) is 6.92 Å². The zero-order valence-corrected chi connectivity index (χ0v) is 9.62. The third-order valence-electron chi connectivity index (χ3n) is 1.39. The second-order valence-electron chi connectivity index (χ2n) is 2.83. The zero-order valence-electron chi connectivity index (χ0n) is 8.21. The lowest BCUT2D eigenvalue weighted by molar-refractivity contribution is 0.173. The van der Waals surface area contributed by atoms with Gasteiger partial charge in [0.15, 0.2) is 9.76 Å². The lowest BCUT2D eigenvalue weighted by Crippen LogP contribution is -2.41. The second kappa shape index (κ2) is 8.03. The molecule has 0 bridgehead atoms. The maximum Gasteiger partial charge on any atom is 0.312 e. The summed E-state index contributed by atoms with van der Waals surface area (Å²) in [6, 6.07) is -0.486. The number of methoxy groups -OCH3 is 1. The van der Waals surface area contributed by atoms with Gasteiger partial charge in [-0.1, -0.05) is 0 Å². The number of hydrogen-bond acceptors (Lipinski definition) is 3. The summed E-state index contributed by atoms with van der Waals surface area (Å²) in [5, 5.41) is 2.58. The second-order valence-corrected chi connectivity index (χ2v) is 4.80. The van der Waals surface area contributed by atoms with Crippen molar-refractivity contribution >= 4 is 15.8 Å². The largest absolute Gasteiger partial charge is 0.422 e. The van der Waals surface area contributed by atoms with Crippen molar-refractivity contribution in [2.45, 2.75) is 19.0 Å². The predicted octanol–water partition coefficient (Wildman–Crippen LogP) is -0.862. The number of amides is 2. The van der Waals surface area contributed by atoms with E-state index in [2.05, 4.69) is 5.32 Å². The number of primary amides is 1. The molecule has 0 aromatic rings. The molecule has 0 spiro atoms. The summed E-state index contributed by atoms with van der Waals surface area (Å²) in [6.45, 7) is 3.31. The number of ether oxygens (including phenoxy) is 1. The van der Waals surface area contributed by atoms with Crippen LogP contribution >= 0.6 is 0 Å². The van der Waals surface area contributed by atoms with Crippen LogP contribution in [0, 0.1) is 0 Å². The highest BCUT2D eigenvalue weighted by atomic mass is 28.2. The van der Waals surface area contributed by atoms with Crippen molar-refractivity contribution < 1.29 is 14.0 Å². The molecular formula is C7H18N2O3Si. The molecule has 0 radical (unpaired) electrons. The molecule has 0 aromatic heterocycles. The molecule has 78 valence electrons. The van der Waals surface area contributed by atoms with Gasteiger partial charge in [-0.25, -0.2) is 4.79 Å². The van der Waals surface area contributed by atoms with Crippen molar-refractivity contribution in [3.8, 4) is 0 Å². The van der Waals surface area contributed by atoms with Crippen LogP contribution in [-0.4, -0.2) is 41.8 Å². The molecule has 3 N–H and O–H groups in total. The number of hydrogen-bond donors (Lipinski definition) is 2. The Balaban J connectivity index is 3.17. The molecule has 0 aliphatic heterocycles. The summed E-state index contributed by atoms with van der Waals surface area (Å²) in [4.78, 5) is 10.4. The van der Waals surface area contributed by atoms with Crippen molar-refractivity contribution in [2.24, 2.45) is 5.73 Å². The molecular weight excluding hydrogens is 188 g/mol. The van der Waals surface area contributed by atoms with Crippen molar-refractivity contribution in [2.75, 3.05) is 20.3 Å². The average molecular weight is 206 g/mol. The number of rotatable bonds is 7. The SMILES string of the molecule is COCCCO[SiH2]C(C)NC(N)=O. The average Bonchev–Trinajstić information content (AvgIpc) is 2.02. The van der Waals surface area contributed by atoms with Crippen LogP contribution in [0.2, 0.25) is 0 Å². The lowest BCUT2D eigenvalue weighted by atomic mass is 10.5. The maximum absolute atomic E-state index is 10.4. The summed E-state index contributed by atoms with van der Waals surface area (Å²) < 4.78 is 10.2. The number of urea groups is 1. The fourth-order valence-corrected chi connectivity index (χ4v) is 1.86. The molecule has 5 nitrogen and oxygen atoms in total. The fourth-order valence-electron chi connectivity index (χ4n) is 0.850. The molecule has 0 aliphatic rings. The minimum atomic E-state index is -0.703. The summed E-state index contributed by atoms with van der Waals surface area (Å²) >= 11 is 0. The lowest BCUT2D eigenvalue weighted by Gasteiger charge is -2.11. The third kappa shape index (κ3) is 9.32. The quantitative estimate of drug-likeness (QED) is 0.420. The van der Waals surface area contributed by atoms with Gasteiger partial charge in [0.05, 0.1) is 0 Å². The highest BCUT2D eigenvalue weighted by molar-refractivity contribution is 6.30. The van der Waals surface area contributed by atoms with Gasteiger partial charge in [0, 0.05) is 26.0 Å². The van der Waals surface area contributed by atoms with Crippen LogP contribution in [0.3, 0.4) is 0 Å². The standard InChI is InChI=1S/C7H18N2O3Si/c1-6(9-7(8)10)13-12-5-3-4-11-2/h6H,3-5,13H2,1-2H3,(H3,8,9,10). The molecule has 6 heteroatoms. The Bertz CT molecular complexity index is 146. The van der Waals surface area contributed by atoms with E-state index in [0.717, 1.165) is 6.42 Å². The minimum Gasteiger partial charge on any atom is -0.422 e. The maximum atomic E-state index is 10.4. The first-order valence-electron chi connectivity index (χ1n) is 4.29. The monoisotopic (exact) mass is 206 g/mol. The van der Waals surface area contributed by atoms with E-state index < -0.39 is 15.8 Å². The van der Waals surface area contributed by atoms with Crippen LogP contribution in [0.5, 0.6) is 0 Å². The van der Waals surface area contributed by atoms with Gasteiger partial charge in [-0.15, -0.1) is 0 Å². The van der Waals surface area contributed by atoms with E-state index in [9.17, 15) is 4.79 Å². The molecule has 0 saturated carbocycles. The molecule has 1 atom stereocenters. The van der Waals surface area contributed by atoms with Crippen LogP contribution in [0.25, 0.3) is 0 Å². The Hall–Kier alpha value is -0.593. The van der Waals surface area contributed by atoms with Crippen LogP contribution in [-0.2, 0) is 9.16 Å². The smallest absolute Gasteiger partial charge is 0.312 e. The normalized spacial score (nSPS) is 13.4. The Kier molecular flexibility index (Phi) is 7.66. The van der Waals surface area contributed by atoms with Crippen LogP contribution in [0.15, 0.2) is 0 Å². The van der Waals surface area contributed by atoms with E-state index in [1.165, 1.54) is 0 Å². The van der Waals surface area contributed by atoms with Crippen molar-refractivity contribution in [1.82, 2.24) is 5.32 Å². The molecule has 0 saturated heterocycles. The van der Waals surface area contributed by atoms with Gasteiger partial charge < -0.3 is 20.2 Å². The Morgan fingerprint density at radius 2 is 2.31 bits per heavy atom. The van der Waals surface area contributed by atoms with Gasteiger partial charge >= 0.3 is 6.03 Å². The summed E-state index contributed by atoms with van der Waals surface area (Å²) in [7, 11) is 0.959. The number of carbonyl (C=O) groups excluding carboxylic acids is 1.